The summed E-state index contributed by atoms with van der Waals surface area (Å²) >= 11 is 0. The van der Waals surface area contributed by atoms with Crippen LogP contribution in [-0.2, 0) is 49.9 Å². The number of methoxy groups -OCH3 is 1. The summed E-state index contributed by atoms with van der Waals surface area (Å²) < 4.78 is 16.4. The number of nitrogens with one attached hydrogen (secondary N) is 2. The van der Waals surface area contributed by atoms with Crippen LogP contribution in [0.2, 0.25) is 0 Å². The van der Waals surface area contributed by atoms with Gasteiger partial charge in [0.05, 0.1) is 18.7 Å². The molecule has 56 heavy (non-hydrogen) atoms. The van der Waals surface area contributed by atoms with Gasteiger partial charge < -0.3 is 29.7 Å². The Bertz CT molecular complexity index is 1930. The second kappa shape index (κ2) is 17.2. The van der Waals surface area contributed by atoms with E-state index >= 15 is 0 Å². The van der Waals surface area contributed by atoms with Crippen molar-refractivity contribution >= 4 is 29.8 Å². The van der Waals surface area contributed by atoms with Gasteiger partial charge >= 0.3 is 12.1 Å². The molecule has 0 bridgehead atoms. The second-order valence-corrected chi connectivity index (χ2v) is 16.8. The number of hydrogen-bond acceptors (Lipinski definition) is 8. The highest BCUT2D eigenvalue weighted by Gasteiger charge is 2.43. The molecule has 12 heteroatoms. The Balaban J connectivity index is 1.41. The first-order valence-electron chi connectivity index (χ1n) is 19.2. The van der Waals surface area contributed by atoms with Crippen molar-refractivity contribution in [3.05, 3.63) is 100 Å². The van der Waals surface area contributed by atoms with Crippen LogP contribution in [0.25, 0.3) is 0 Å². The van der Waals surface area contributed by atoms with Gasteiger partial charge in [0.25, 0.3) is 0 Å². The van der Waals surface area contributed by atoms with Crippen LogP contribution in [0.5, 0.6) is 5.75 Å². The van der Waals surface area contributed by atoms with E-state index in [1.807, 2.05) is 57.2 Å². The summed E-state index contributed by atoms with van der Waals surface area (Å²) in [6.07, 6.45) is 2.27. The smallest absolute Gasteiger partial charge is 0.410 e. The number of ether oxygens (including phenoxy) is 3. The van der Waals surface area contributed by atoms with E-state index < -0.39 is 53.0 Å². The quantitative estimate of drug-likeness (QED) is 0.230. The number of rotatable bonds is 10. The largest absolute Gasteiger partial charge is 0.489 e. The molecule has 0 saturated heterocycles. The second-order valence-electron chi connectivity index (χ2n) is 16.8. The first-order chi connectivity index (χ1) is 26.4. The Morgan fingerprint density at radius 1 is 0.911 bits per heavy atom. The molecular formula is C44H56N4O8. The molecule has 2 N–H and O–H groups in total. The third kappa shape index (κ3) is 10.1. The lowest BCUT2D eigenvalue weighted by molar-refractivity contribution is -0.147. The van der Waals surface area contributed by atoms with Gasteiger partial charge in [-0.15, -0.1) is 0 Å². The van der Waals surface area contributed by atoms with Crippen molar-refractivity contribution in [2.24, 2.45) is 5.41 Å². The fourth-order valence-electron chi connectivity index (χ4n) is 7.05. The van der Waals surface area contributed by atoms with Crippen molar-refractivity contribution in [1.82, 2.24) is 20.4 Å². The lowest BCUT2D eigenvalue weighted by Gasteiger charge is -2.42. The number of aryl methyl sites for hydroxylation is 1. The Morgan fingerprint density at radius 2 is 1.61 bits per heavy atom. The van der Waals surface area contributed by atoms with Gasteiger partial charge in [-0.05, 0) is 104 Å². The average molecular weight is 769 g/mol. The Hall–Kier alpha value is -5.39. The average Bonchev–Trinajstić information content (AvgIpc) is 3.16. The van der Waals surface area contributed by atoms with E-state index in [1.165, 1.54) is 24.6 Å². The first kappa shape index (κ1) is 41.8. The number of amides is 4. The number of fused-ring (bicyclic) bond motifs is 2. The summed E-state index contributed by atoms with van der Waals surface area (Å²) in [5.41, 5.74) is 3.80. The van der Waals surface area contributed by atoms with Crippen molar-refractivity contribution in [2.75, 3.05) is 14.2 Å². The zero-order valence-corrected chi connectivity index (χ0v) is 34.1. The standard InChI is InChI=1S/C44H56N4O8/c1-27(47(8)42(53)56-44(5,6)7)38(49)46-37(43(2,3)4)40(51)48-25-32-23-33(55-26-28-17-19-30(20-18-28)41(52)54-9)22-21-31(32)24-36(48)39(50)45-35-16-12-14-29-13-10-11-15-34(29)35/h10-11,13,15,17-23,27,35-37H,12,14,16,24-26H2,1-9H3,(H,45,50)(H,46,49)/t27?,35-,36?,37?/m1/s1. The van der Waals surface area contributed by atoms with Gasteiger partial charge in [0.1, 0.15) is 36.1 Å². The third-order valence-corrected chi connectivity index (χ3v) is 10.4. The number of likely N-dealkylation sites (N-methyl/N-ethyl adjacent to an activating group) is 1. The molecule has 300 valence electrons. The minimum atomic E-state index is -1.04. The molecule has 3 unspecified atom stereocenters. The van der Waals surface area contributed by atoms with Gasteiger partial charge in [-0.25, -0.2) is 9.59 Å². The highest BCUT2D eigenvalue weighted by atomic mass is 16.6. The van der Waals surface area contributed by atoms with E-state index in [0.717, 1.165) is 41.5 Å². The molecule has 12 nitrogen and oxygen atoms in total. The fraction of sp³-hybridized carbons (Fsp3) is 0.477. The van der Waals surface area contributed by atoms with Gasteiger partial charge in [0.2, 0.25) is 17.7 Å². The molecule has 3 aromatic rings. The number of carbonyl (C=O) groups is 5. The monoisotopic (exact) mass is 768 g/mol. The highest BCUT2D eigenvalue weighted by molar-refractivity contribution is 5.95. The summed E-state index contributed by atoms with van der Waals surface area (Å²) in [7, 11) is 2.82. The summed E-state index contributed by atoms with van der Waals surface area (Å²) in [5, 5.41) is 6.21. The summed E-state index contributed by atoms with van der Waals surface area (Å²) in [5.74, 6) is -1.05. The Morgan fingerprint density at radius 3 is 2.27 bits per heavy atom. The van der Waals surface area contributed by atoms with Crippen molar-refractivity contribution in [1.29, 1.82) is 0 Å². The lowest BCUT2D eigenvalue weighted by Crippen LogP contribution is -2.62. The predicted molar refractivity (Wildman–Crippen MR) is 212 cm³/mol. The lowest BCUT2D eigenvalue weighted by atomic mass is 9.83. The number of benzene rings is 3. The maximum absolute atomic E-state index is 14.9. The van der Waals surface area contributed by atoms with Crippen LogP contribution in [0.15, 0.2) is 66.7 Å². The van der Waals surface area contributed by atoms with Crippen LogP contribution in [0.4, 0.5) is 4.79 Å². The molecule has 0 aromatic heterocycles. The van der Waals surface area contributed by atoms with Crippen LogP contribution in [0.1, 0.15) is 106 Å². The van der Waals surface area contributed by atoms with Crippen LogP contribution < -0.4 is 15.4 Å². The van der Waals surface area contributed by atoms with Gasteiger partial charge in [-0.1, -0.05) is 63.2 Å². The van der Waals surface area contributed by atoms with Crippen molar-refractivity contribution < 1.29 is 38.2 Å². The molecule has 0 spiro atoms. The minimum absolute atomic E-state index is 0.106. The normalized spacial score (nSPS) is 17.6. The van der Waals surface area contributed by atoms with Crippen molar-refractivity contribution in [2.45, 2.75) is 117 Å². The molecule has 2 aliphatic rings. The molecule has 1 aliphatic heterocycles. The predicted octanol–water partition coefficient (Wildman–Crippen LogP) is 6.29. The fourth-order valence-corrected chi connectivity index (χ4v) is 7.05. The van der Waals surface area contributed by atoms with E-state index in [0.29, 0.717) is 11.3 Å². The van der Waals surface area contributed by atoms with E-state index in [1.54, 1.807) is 56.9 Å². The van der Waals surface area contributed by atoms with Gasteiger partial charge in [0.15, 0.2) is 0 Å². The molecule has 0 radical (unpaired) electrons. The molecule has 0 fully saturated rings. The molecule has 4 atom stereocenters. The molecular weight excluding hydrogens is 713 g/mol. The van der Waals surface area contributed by atoms with Gasteiger partial charge in [-0.2, -0.15) is 0 Å². The van der Waals surface area contributed by atoms with Gasteiger partial charge in [-0.3, -0.25) is 19.3 Å². The SMILES string of the molecule is COC(=O)c1ccc(COc2ccc3c(c2)CN(C(=O)C(NC(=O)C(C)N(C)C(=O)OC(C)(C)C)C(C)(C)C)C(C(=O)N[C@@H]2CCCc4ccccc42)C3)cc1. The summed E-state index contributed by atoms with van der Waals surface area (Å²) in [4.78, 5) is 70.4. The summed E-state index contributed by atoms with van der Waals surface area (Å²) in [6, 6.07) is 17.7. The van der Waals surface area contributed by atoms with E-state index in [9.17, 15) is 24.0 Å². The molecule has 5 rings (SSSR count). The number of esters is 1. The Labute approximate surface area is 330 Å². The zero-order chi connectivity index (χ0) is 40.9. The maximum Gasteiger partial charge on any atom is 0.410 e. The van der Waals surface area contributed by atoms with Crippen LogP contribution in [-0.4, -0.2) is 77.5 Å². The van der Waals surface area contributed by atoms with Crippen molar-refractivity contribution in [3.63, 3.8) is 0 Å². The molecule has 3 aromatic carbocycles. The molecule has 1 aliphatic carbocycles. The van der Waals surface area contributed by atoms with Gasteiger partial charge in [0, 0.05) is 20.0 Å². The zero-order valence-electron chi connectivity index (χ0n) is 34.1. The minimum Gasteiger partial charge on any atom is -0.489 e. The molecule has 1 heterocycles. The highest BCUT2D eigenvalue weighted by Crippen LogP contribution is 2.33. The van der Waals surface area contributed by atoms with Crippen LogP contribution in [0, 0.1) is 5.41 Å². The van der Waals surface area contributed by atoms with Crippen LogP contribution >= 0.6 is 0 Å². The number of hydrogen-bond donors (Lipinski definition) is 2. The maximum atomic E-state index is 14.9. The number of carbonyl (C=O) groups excluding carboxylic acids is 5. The Kier molecular flexibility index (Phi) is 12.8. The molecule has 0 saturated carbocycles. The van der Waals surface area contributed by atoms with E-state index in [2.05, 4.69) is 16.7 Å². The summed E-state index contributed by atoms with van der Waals surface area (Å²) in [6.45, 7) is 12.7. The van der Waals surface area contributed by atoms with E-state index in [4.69, 9.17) is 14.2 Å². The van der Waals surface area contributed by atoms with Crippen molar-refractivity contribution in [3.8, 4) is 5.75 Å². The van der Waals surface area contributed by atoms with E-state index in [-0.39, 0.29) is 31.5 Å². The third-order valence-electron chi connectivity index (χ3n) is 10.4. The first-order valence-corrected chi connectivity index (χ1v) is 19.2. The number of nitrogens with zero attached hydrogens (tertiary/aromatic N) is 2. The molecule has 4 amide bonds. The van der Waals surface area contributed by atoms with Crippen LogP contribution in [0.3, 0.4) is 0 Å². The topological polar surface area (TPSA) is 144 Å².